The van der Waals surface area contributed by atoms with Crippen LogP contribution in [0, 0.1) is 0 Å². The van der Waals surface area contributed by atoms with Crippen molar-refractivity contribution in [1.82, 2.24) is 10.2 Å². The number of amides is 2. The highest BCUT2D eigenvalue weighted by molar-refractivity contribution is 9.10. The van der Waals surface area contributed by atoms with E-state index in [-0.39, 0.29) is 23.8 Å². The molecule has 212 valence electrons. The third kappa shape index (κ3) is 7.55. The van der Waals surface area contributed by atoms with Gasteiger partial charge in [0, 0.05) is 29.5 Å². The molecule has 10 heteroatoms. The second-order valence-corrected chi connectivity index (χ2v) is 12.4. The molecule has 1 N–H and O–H groups in total. The van der Waals surface area contributed by atoms with Gasteiger partial charge < -0.3 is 10.2 Å². The van der Waals surface area contributed by atoms with Crippen LogP contribution in [0.1, 0.15) is 11.1 Å². The summed E-state index contributed by atoms with van der Waals surface area (Å²) in [6, 6.07) is 30.1. The highest BCUT2D eigenvalue weighted by Crippen LogP contribution is 2.28. The van der Waals surface area contributed by atoms with Crippen molar-refractivity contribution >= 4 is 55.1 Å². The van der Waals surface area contributed by atoms with E-state index < -0.39 is 28.5 Å². The lowest BCUT2D eigenvalue weighted by molar-refractivity contribution is -0.139. The van der Waals surface area contributed by atoms with Crippen LogP contribution >= 0.6 is 27.5 Å². The minimum atomic E-state index is -4.15. The van der Waals surface area contributed by atoms with Crippen molar-refractivity contribution in [2.24, 2.45) is 0 Å². The molecule has 0 aliphatic heterocycles. The van der Waals surface area contributed by atoms with Crippen molar-refractivity contribution in [3.63, 3.8) is 0 Å². The molecule has 0 spiro atoms. The maximum Gasteiger partial charge on any atom is 0.264 e. The van der Waals surface area contributed by atoms with E-state index in [0.717, 1.165) is 9.87 Å². The van der Waals surface area contributed by atoms with Crippen molar-refractivity contribution < 1.29 is 18.0 Å². The predicted molar refractivity (Wildman–Crippen MR) is 165 cm³/mol. The molecule has 4 aromatic rings. The van der Waals surface area contributed by atoms with E-state index in [4.69, 9.17) is 11.6 Å². The average molecular weight is 655 g/mol. The van der Waals surface area contributed by atoms with Crippen molar-refractivity contribution in [3.8, 4) is 0 Å². The van der Waals surface area contributed by atoms with Gasteiger partial charge in [0.1, 0.15) is 12.6 Å². The number of halogens is 2. The van der Waals surface area contributed by atoms with Crippen LogP contribution in [-0.4, -0.2) is 44.8 Å². The van der Waals surface area contributed by atoms with Crippen LogP contribution in [0.2, 0.25) is 5.02 Å². The number of nitrogens with one attached hydrogen (secondary N) is 1. The molecule has 7 nitrogen and oxygen atoms in total. The Labute approximate surface area is 253 Å². The van der Waals surface area contributed by atoms with E-state index in [1.165, 1.54) is 24.1 Å². The first-order valence-corrected chi connectivity index (χ1v) is 15.4. The second kappa shape index (κ2) is 13.8. The number of carbonyl (C=O) groups is 2. The Kier molecular flexibility index (Phi) is 10.2. The van der Waals surface area contributed by atoms with Crippen LogP contribution < -0.4 is 9.62 Å². The van der Waals surface area contributed by atoms with Gasteiger partial charge in [-0.1, -0.05) is 100 Å². The van der Waals surface area contributed by atoms with Gasteiger partial charge in [0.25, 0.3) is 10.0 Å². The first-order valence-electron chi connectivity index (χ1n) is 12.8. The number of nitrogens with zero attached hydrogens (tertiary/aromatic N) is 2. The summed E-state index contributed by atoms with van der Waals surface area (Å²) in [6.07, 6.45) is 0.221. The molecule has 0 fully saturated rings. The first kappa shape index (κ1) is 30.3. The molecular weight excluding hydrogens is 626 g/mol. The van der Waals surface area contributed by atoms with Crippen LogP contribution in [0.4, 0.5) is 5.69 Å². The van der Waals surface area contributed by atoms with E-state index >= 15 is 0 Å². The number of hydrogen-bond acceptors (Lipinski definition) is 4. The summed E-state index contributed by atoms with van der Waals surface area (Å²) in [6.45, 7) is -0.540. The average Bonchev–Trinajstić information content (AvgIpc) is 2.99. The first-order chi connectivity index (χ1) is 19.7. The Morgan fingerprint density at radius 2 is 1.51 bits per heavy atom. The number of sulfonamides is 1. The van der Waals surface area contributed by atoms with Gasteiger partial charge >= 0.3 is 0 Å². The van der Waals surface area contributed by atoms with Crippen molar-refractivity contribution in [1.29, 1.82) is 0 Å². The van der Waals surface area contributed by atoms with Crippen molar-refractivity contribution in [3.05, 3.63) is 130 Å². The molecule has 1 atom stereocenters. The fourth-order valence-corrected chi connectivity index (χ4v) is 6.42. The zero-order chi connectivity index (χ0) is 29.4. The van der Waals surface area contributed by atoms with Gasteiger partial charge in [-0.15, -0.1) is 0 Å². The SMILES string of the molecule is CNC(=O)[C@H](Cc1ccccc1)N(Cc1ccccc1Cl)C(=O)CN(c1cccc(Br)c1)S(=O)(=O)c1ccccc1. The number of likely N-dealkylation sites (N-methyl/N-ethyl adjacent to an activating group) is 1. The van der Waals surface area contributed by atoms with E-state index in [1.807, 2.05) is 30.3 Å². The molecule has 0 bridgehead atoms. The highest BCUT2D eigenvalue weighted by atomic mass is 79.9. The molecule has 0 saturated heterocycles. The molecule has 4 rings (SSSR count). The molecule has 0 saturated carbocycles. The standard InChI is InChI=1S/C31H29BrClN3O4S/c1-34-31(38)29(19-23-11-4-2-5-12-23)35(21-24-13-8-9-18-28(24)33)30(37)22-36(26-15-10-14-25(32)20-26)41(39,40)27-16-6-3-7-17-27/h2-18,20,29H,19,21-22H2,1H3,(H,34,38)/t29-/m0/s1. The molecule has 0 aliphatic rings. The monoisotopic (exact) mass is 653 g/mol. The van der Waals surface area contributed by atoms with Gasteiger partial charge in [0.2, 0.25) is 11.8 Å². The van der Waals surface area contributed by atoms with Crippen LogP contribution in [0.15, 0.2) is 119 Å². The van der Waals surface area contributed by atoms with Crippen LogP contribution in [0.5, 0.6) is 0 Å². The van der Waals surface area contributed by atoms with Gasteiger partial charge in [-0.3, -0.25) is 13.9 Å². The molecule has 41 heavy (non-hydrogen) atoms. The van der Waals surface area contributed by atoms with E-state index in [0.29, 0.717) is 20.7 Å². The fourth-order valence-electron chi connectivity index (χ4n) is 4.41. The minimum Gasteiger partial charge on any atom is -0.357 e. The van der Waals surface area contributed by atoms with E-state index in [9.17, 15) is 18.0 Å². The van der Waals surface area contributed by atoms with Gasteiger partial charge in [0.15, 0.2) is 0 Å². The summed E-state index contributed by atoms with van der Waals surface area (Å²) < 4.78 is 29.5. The molecule has 4 aromatic carbocycles. The molecular formula is C31H29BrClN3O4S. The van der Waals surface area contributed by atoms with Crippen LogP contribution in [0.3, 0.4) is 0 Å². The van der Waals surface area contributed by atoms with Crippen LogP contribution in [-0.2, 0) is 32.6 Å². The topological polar surface area (TPSA) is 86.8 Å². The smallest absolute Gasteiger partial charge is 0.264 e. The van der Waals surface area contributed by atoms with E-state index in [2.05, 4.69) is 21.2 Å². The zero-order valence-corrected chi connectivity index (χ0v) is 25.4. The zero-order valence-electron chi connectivity index (χ0n) is 22.3. The maximum absolute atomic E-state index is 14.2. The Bertz CT molecular complexity index is 1600. The Hall–Kier alpha value is -3.66. The second-order valence-electron chi connectivity index (χ2n) is 9.24. The molecule has 2 amide bonds. The summed E-state index contributed by atoms with van der Waals surface area (Å²) >= 11 is 9.88. The summed E-state index contributed by atoms with van der Waals surface area (Å²) in [7, 11) is -2.65. The summed E-state index contributed by atoms with van der Waals surface area (Å²) in [5.74, 6) is -0.942. The lowest BCUT2D eigenvalue weighted by Gasteiger charge is -2.33. The highest BCUT2D eigenvalue weighted by Gasteiger charge is 2.34. The normalized spacial score (nSPS) is 11.9. The molecule has 0 radical (unpaired) electrons. The number of anilines is 1. The lowest BCUT2D eigenvalue weighted by Crippen LogP contribution is -2.53. The number of hydrogen-bond donors (Lipinski definition) is 1. The summed E-state index contributed by atoms with van der Waals surface area (Å²) in [5.41, 5.74) is 1.78. The summed E-state index contributed by atoms with van der Waals surface area (Å²) in [4.78, 5) is 29.0. The molecule has 0 aromatic heterocycles. The van der Waals surface area contributed by atoms with Gasteiger partial charge in [-0.25, -0.2) is 8.42 Å². The minimum absolute atomic E-state index is 0.00113. The summed E-state index contributed by atoms with van der Waals surface area (Å²) in [5, 5.41) is 3.10. The Morgan fingerprint density at radius 3 is 2.15 bits per heavy atom. The number of carbonyl (C=O) groups excluding carboxylic acids is 2. The number of benzene rings is 4. The lowest BCUT2D eigenvalue weighted by atomic mass is 10.0. The molecule has 0 aliphatic carbocycles. The van der Waals surface area contributed by atoms with Crippen LogP contribution in [0.25, 0.3) is 0 Å². The largest absolute Gasteiger partial charge is 0.357 e. The third-order valence-electron chi connectivity index (χ3n) is 6.52. The van der Waals surface area contributed by atoms with Crippen molar-refractivity contribution in [2.75, 3.05) is 17.9 Å². The number of rotatable bonds is 11. The van der Waals surface area contributed by atoms with Gasteiger partial charge in [-0.05, 0) is 47.5 Å². The fraction of sp³-hybridized carbons (Fsp3) is 0.161. The third-order valence-corrected chi connectivity index (χ3v) is 9.17. The predicted octanol–water partition coefficient (Wildman–Crippen LogP) is 5.68. The van der Waals surface area contributed by atoms with E-state index in [1.54, 1.807) is 66.7 Å². The van der Waals surface area contributed by atoms with Crippen molar-refractivity contribution in [2.45, 2.75) is 23.9 Å². The maximum atomic E-state index is 14.2. The molecule has 0 unspecified atom stereocenters. The van der Waals surface area contributed by atoms with Gasteiger partial charge in [-0.2, -0.15) is 0 Å². The molecule has 0 heterocycles. The quantitative estimate of drug-likeness (QED) is 0.225. The van der Waals surface area contributed by atoms with Gasteiger partial charge in [0.05, 0.1) is 10.6 Å². The Balaban J connectivity index is 1.79. The Morgan fingerprint density at radius 1 is 0.878 bits per heavy atom.